The predicted octanol–water partition coefficient (Wildman–Crippen LogP) is 2.00. The topological polar surface area (TPSA) is 73.2 Å². The largest absolute Gasteiger partial charge is 0.343 e. The lowest BCUT2D eigenvalue weighted by atomic mass is 10.2. The van der Waals surface area contributed by atoms with Crippen molar-refractivity contribution < 1.29 is 9.59 Å². The van der Waals surface area contributed by atoms with Crippen LogP contribution in [0.5, 0.6) is 0 Å². The van der Waals surface area contributed by atoms with E-state index in [1.54, 1.807) is 29.2 Å². The highest BCUT2D eigenvalue weighted by Crippen LogP contribution is 2.40. The van der Waals surface area contributed by atoms with E-state index in [1.807, 2.05) is 19.9 Å². The summed E-state index contributed by atoms with van der Waals surface area (Å²) in [4.78, 5) is 26.0. The van der Waals surface area contributed by atoms with Crippen LogP contribution in [0.2, 0.25) is 0 Å². The Morgan fingerprint density at radius 3 is 2.38 bits per heavy atom. The normalized spacial score (nSPS) is 19.5. The first-order chi connectivity index (χ1) is 10.1. The highest BCUT2D eigenvalue weighted by molar-refractivity contribution is 5.99. The van der Waals surface area contributed by atoms with E-state index < -0.39 is 0 Å². The van der Waals surface area contributed by atoms with Crippen molar-refractivity contribution in [2.75, 3.05) is 18.4 Å². The SMILES string of the molecule is CCN(CC)C(=O)C1CC1C(=O)Nc1ccc(C#N)cc1. The Labute approximate surface area is 124 Å². The van der Waals surface area contributed by atoms with Gasteiger partial charge in [-0.2, -0.15) is 5.26 Å². The van der Waals surface area contributed by atoms with E-state index in [4.69, 9.17) is 5.26 Å². The van der Waals surface area contributed by atoms with Gasteiger partial charge in [-0.1, -0.05) is 0 Å². The molecule has 0 aliphatic heterocycles. The number of carbonyl (C=O) groups excluding carboxylic acids is 2. The quantitative estimate of drug-likeness (QED) is 0.899. The summed E-state index contributed by atoms with van der Waals surface area (Å²) in [6.45, 7) is 5.23. The third-order valence-electron chi connectivity index (χ3n) is 3.80. The van der Waals surface area contributed by atoms with Crippen molar-refractivity contribution in [1.82, 2.24) is 4.90 Å². The van der Waals surface area contributed by atoms with Gasteiger partial charge in [-0.3, -0.25) is 9.59 Å². The number of carbonyl (C=O) groups is 2. The summed E-state index contributed by atoms with van der Waals surface area (Å²) in [5, 5.41) is 11.5. The fraction of sp³-hybridized carbons (Fsp3) is 0.438. The first-order valence-electron chi connectivity index (χ1n) is 7.20. The molecular weight excluding hydrogens is 266 g/mol. The molecule has 0 bridgehead atoms. The fourth-order valence-electron chi connectivity index (χ4n) is 2.39. The van der Waals surface area contributed by atoms with Gasteiger partial charge in [0.1, 0.15) is 0 Å². The molecule has 1 aliphatic carbocycles. The zero-order chi connectivity index (χ0) is 15.4. The first kappa shape index (κ1) is 15.0. The van der Waals surface area contributed by atoms with E-state index in [1.165, 1.54) is 0 Å². The molecule has 1 saturated carbocycles. The predicted molar refractivity (Wildman–Crippen MR) is 79.3 cm³/mol. The summed E-state index contributed by atoms with van der Waals surface area (Å²) < 4.78 is 0. The van der Waals surface area contributed by atoms with Gasteiger partial charge < -0.3 is 10.2 Å². The van der Waals surface area contributed by atoms with Crippen LogP contribution in [-0.2, 0) is 9.59 Å². The highest BCUT2D eigenvalue weighted by atomic mass is 16.2. The van der Waals surface area contributed by atoms with Gasteiger partial charge in [0, 0.05) is 18.8 Å². The standard InChI is InChI=1S/C16H19N3O2/c1-3-19(4-2)16(21)14-9-13(14)15(20)18-12-7-5-11(10-17)6-8-12/h5-8,13-14H,3-4,9H2,1-2H3,(H,18,20). The number of hydrogen-bond donors (Lipinski definition) is 1. The fourth-order valence-corrected chi connectivity index (χ4v) is 2.39. The summed E-state index contributed by atoms with van der Waals surface area (Å²) in [7, 11) is 0. The van der Waals surface area contributed by atoms with Gasteiger partial charge in [-0.05, 0) is 44.5 Å². The van der Waals surface area contributed by atoms with Crippen LogP contribution in [0, 0.1) is 23.2 Å². The number of hydrogen-bond acceptors (Lipinski definition) is 3. The van der Waals surface area contributed by atoms with E-state index in [9.17, 15) is 9.59 Å². The Kier molecular flexibility index (Phi) is 4.59. The molecule has 1 N–H and O–H groups in total. The molecule has 0 heterocycles. The third kappa shape index (κ3) is 3.40. The number of nitrogens with zero attached hydrogens (tertiary/aromatic N) is 2. The van der Waals surface area contributed by atoms with Gasteiger partial charge in [-0.25, -0.2) is 0 Å². The van der Waals surface area contributed by atoms with E-state index >= 15 is 0 Å². The number of rotatable bonds is 5. The van der Waals surface area contributed by atoms with Gasteiger partial charge in [-0.15, -0.1) is 0 Å². The number of amides is 2. The molecule has 1 aromatic carbocycles. The second kappa shape index (κ2) is 6.40. The zero-order valence-corrected chi connectivity index (χ0v) is 12.3. The Bertz CT molecular complexity index is 570. The molecule has 0 radical (unpaired) electrons. The van der Waals surface area contributed by atoms with Crippen LogP contribution in [0.4, 0.5) is 5.69 Å². The molecule has 0 aromatic heterocycles. The molecule has 1 aliphatic rings. The maximum atomic E-state index is 12.1. The van der Waals surface area contributed by atoms with Gasteiger partial charge in [0.2, 0.25) is 11.8 Å². The lowest BCUT2D eigenvalue weighted by Gasteiger charge is -2.18. The zero-order valence-electron chi connectivity index (χ0n) is 12.3. The summed E-state index contributed by atoms with van der Waals surface area (Å²) in [5.74, 6) is -0.456. The second-order valence-corrected chi connectivity index (χ2v) is 5.14. The van der Waals surface area contributed by atoms with Gasteiger partial charge >= 0.3 is 0 Å². The van der Waals surface area contributed by atoms with Crippen LogP contribution in [0.25, 0.3) is 0 Å². The minimum absolute atomic E-state index is 0.0694. The molecule has 2 rings (SSSR count). The number of benzene rings is 1. The van der Waals surface area contributed by atoms with Crippen LogP contribution in [0.15, 0.2) is 24.3 Å². The summed E-state index contributed by atoms with van der Waals surface area (Å²) in [6.07, 6.45) is 0.622. The lowest BCUT2D eigenvalue weighted by Crippen LogP contribution is -2.33. The lowest BCUT2D eigenvalue weighted by molar-refractivity contribution is -0.133. The average molecular weight is 285 g/mol. The van der Waals surface area contributed by atoms with Crippen LogP contribution in [0.3, 0.4) is 0 Å². The third-order valence-corrected chi connectivity index (χ3v) is 3.80. The average Bonchev–Trinajstić information content (AvgIpc) is 3.29. The van der Waals surface area contributed by atoms with Crippen LogP contribution < -0.4 is 5.32 Å². The minimum atomic E-state index is -0.228. The molecule has 5 heteroatoms. The van der Waals surface area contributed by atoms with Crippen molar-refractivity contribution >= 4 is 17.5 Å². The van der Waals surface area contributed by atoms with Crippen LogP contribution in [0.1, 0.15) is 25.8 Å². The number of anilines is 1. The first-order valence-corrected chi connectivity index (χ1v) is 7.20. The second-order valence-electron chi connectivity index (χ2n) is 5.14. The maximum absolute atomic E-state index is 12.1. The van der Waals surface area contributed by atoms with E-state index in [0.29, 0.717) is 30.8 Å². The Balaban J connectivity index is 1.91. The maximum Gasteiger partial charge on any atom is 0.228 e. The van der Waals surface area contributed by atoms with Gasteiger partial charge in [0.05, 0.1) is 23.5 Å². The molecule has 5 nitrogen and oxygen atoms in total. The Morgan fingerprint density at radius 2 is 1.86 bits per heavy atom. The molecule has 2 amide bonds. The summed E-state index contributed by atoms with van der Waals surface area (Å²) in [6, 6.07) is 8.72. The molecule has 21 heavy (non-hydrogen) atoms. The van der Waals surface area contributed by atoms with Crippen molar-refractivity contribution in [2.45, 2.75) is 20.3 Å². The molecule has 2 atom stereocenters. The molecular formula is C16H19N3O2. The van der Waals surface area contributed by atoms with Crippen LogP contribution >= 0.6 is 0 Å². The molecule has 1 aromatic rings. The minimum Gasteiger partial charge on any atom is -0.343 e. The molecule has 1 fully saturated rings. The molecule has 0 spiro atoms. The van der Waals surface area contributed by atoms with E-state index in [0.717, 1.165) is 0 Å². The van der Waals surface area contributed by atoms with Crippen LogP contribution in [-0.4, -0.2) is 29.8 Å². The molecule has 0 saturated heterocycles. The van der Waals surface area contributed by atoms with Crippen molar-refractivity contribution in [3.8, 4) is 6.07 Å². The van der Waals surface area contributed by atoms with E-state index in [-0.39, 0.29) is 23.7 Å². The smallest absolute Gasteiger partial charge is 0.228 e. The molecule has 2 unspecified atom stereocenters. The Hall–Kier alpha value is -2.35. The summed E-state index contributed by atoms with van der Waals surface area (Å²) in [5.41, 5.74) is 1.20. The van der Waals surface area contributed by atoms with Crippen molar-refractivity contribution in [3.63, 3.8) is 0 Å². The Morgan fingerprint density at radius 1 is 1.24 bits per heavy atom. The van der Waals surface area contributed by atoms with Crippen molar-refractivity contribution in [2.24, 2.45) is 11.8 Å². The number of nitrogens with one attached hydrogen (secondary N) is 1. The van der Waals surface area contributed by atoms with Gasteiger partial charge in [0.25, 0.3) is 0 Å². The van der Waals surface area contributed by atoms with E-state index in [2.05, 4.69) is 5.32 Å². The summed E-state index contributed by atoms with van der Waals surface area (Å²) >= 11 is 0. The molecule has 110 valence electrons. The van der Waals surface area contributed by atoms with Crippen molar-refractivity contribution in [1.29, 1.82) is 5.26 Å². The number of nitriles is 1. The van der Waals surface area contributed by atoms with Gasteiger partial charge in [0.15, 0.2) is 0 Å². The monoisotopic (exact) mass is 285 g/mol. The van der Waals surface area contributed by atoms with Crippen molar-refractivity contribution in [3.05, 3.63) is 29.8 Å². The highest BCUT2D eigenvalue weighted by Gasteiger charge is 2.49.